The molecule has 0 bridgehead atoms. The van der Waals surface area contributed by atoms with Crippen LogP contribution >= 0.6 is 15.9 Å². The molecule has 0 amide bonds. The summed E-state index contributed by atoms with van der Waals surface area (Å²) in [5, 5.41) is 8.25. The fraction of sp³-hybridized carbons (Fsp3) is 0.812. The van der Waals surface area contributed by atoms with Gasteiger partial charge >= 0.3 is 0 Å². The molecule has 2 rings (SSSR count). The predicted octanol–water partition coefficient (Wildman–Crippen LogP) is 4.23. The van der Waals surface area contributed by atoms with Gasteiger partial charge in [0.1, 0.15) is 0 Å². The number of hydrogen-bond acceptors (Lipinski definition) is 3. The summed E-state index contributed by atoms with van der Waals surface area (Å²) >= 11 is 3.69. The minimum atomic E-state index is -0.164. The van der Waals surface area contributed by atoms with Crippen LogP contribution in [0.25, 0.3) is 0 Å². The van der Waals surface area contributed by atoms with E-state index in [2.05, 4.69) is 58.7 Å². The normalized spacial score (nSPS) is 24.5. The zero-order valence-corrected chi connectivity index (χ0v) is 15.2. The van der Waals surface area contributed by atoms with Gasteiger partial charge in [0.2, 0.25) is 0 Å². The maximum Gasteiger partial charge on any atom is 0.0864 e. The summed E-state index contributed by atoms with van der Waals surface area (Å²) in [6.07, 6.45) is 6.50. The molecule has 4 nitrogen and oxygen atoms in total. The van der Waals surface area contributed by atoms with Crippen molar-refractivity contribution in [2.24, 2.45) is 0 Å². The third-order valence-electron chi connectivity index (χ3n) is 4.26. The molecule has 0 spiro atoms. The van der Waals surface area contributed by atoms with Crippen molar-refractivity contribution in [1.82, 2.24) is 15.1 Å². The molecule has 2 atom stereocenters. The summed E-state index contributed by atoms with van der Waals surface area (Å²) < 4.78 is 9.40. The Morgan fingerprint density at radius 1 is 1.48 bits per heavy atom. The topological polar surface area (TPSA) is 39.1 Å². The van der Waals surface area contributed by atoms with Crippen LogP contribution in [0.2, 0.25) is 0 Å². The second-order valence-corrected chi connectivity index (χ2v) is 7.28. The number of aromatic nitrogens is 2. The molecule has 0 aliphatic carbocycles. The molecular weight excluding hydrogens is 330 g/mol. The van der Waals surface area contributed by atoms with Crippen LogP contribution in [0.15, 0.2) is 10.7 Å². The lowest BCUT2D eigenvalue weighted by atomic mass is 9.86. The molecule has 120 valence electrons. The molecule has 1 N–H and O–H groups in total. The van der Waals surface area contributed by atoms with Crippen LogP contribution in [-0.2, 0) is 4.74 Å². The lowest BCUT2D eigenvalue weighted by Gasteiger charge is -2.41. The lowest BCUT2D eigenvalue weighted by molar-refractivity contribution is -0.0916. The van der Waals surface area contributed by atoms with Crippen molar-refractivity contribution >= 4 is 15.9 Å². The fourth-order valence-electron chi connectivity index (χ4n) is 3.11. The minimum absolute atomic E-state index is 0.164. The number of ether oxygens (including phenoxy) is 1. The van der Waals surface area contributed by atoms with Gasteiger partial charge in [-0.2, -0.15) is 5.10 Å². The van der Waals surface area contributed by atoms with Crippen molar-refractivity contribution in [2.45, 2.75) is 71.1 Å². The Morgan fingerprint density at radius 2 is 2.24 bits per heavy atom. The van der Waals surface area contributed by atoms with Crippen LogP contribution < -0.4 is 5.32 Å². The molecule has 1 saturated heterocycles. The van der Waals surface area contributed by atoms with Gasteiger partial charge in [0.15, 0.2) is 0 Å². The molecule has 1 aliphatic heterocycles. The molecule has 1 aromatic heterocycles. The smallest absolute Gasteiger partial charge is 0.0864 e. The first-order valence-corrected chi connectivity index (χ1v) is 8.89. The van der Waals surface area contributed by atoms with Crippen molar-refractivity contribution in [3.8, 4) is 0 Å². The van der Waals surface area contributed by atoms with Gasteiger partial charge in [0.25, 0.3) is 0 Å². The van der Waals surface area contributed by atoms with E-state index < -0.39 is 0 Å². The number of hydrogen-bond donors (Lipinski definition) is 1. The van der Waals surface area contributed by atoms with E-state index >= 15 is 0 Å². The molecule has 1 fully saturated rings. The zero-order chi connectivity index (χ0) is 15.5. The van der Waals surface area contributed by atoms with E-state index in [1.165, 1.54) is 18.5 Å². The Morgan fingerprint density at radius 3 is 2.81 bits per heavy atom. The summed E-state index contributed by atoms with van der Waals surface area (Å²) in [4.78, 5) is 0. The predicted molar refractivity (Wildman–Crippen MR) is 89.6 cm³/mol. The molecule has 2 unspecified atom stereocenters. The first kappa shape index (κ1) is 17.0. The lowest BCUT2D eigenvalue weighted by Crippen LogP contribution is -2.47. The van der Waals surface area contributed by atoms with Crippen molar-refractivity contribution in [1.29, 1.82) is 0 Å². The minimum Gasteiger partial charge on any atom is -0.373 e. The average molecular weight is 358 g/mol. The maximum absolute atomic E-state index is 6.21. The van der Waals surface area contributed by atoms with Crippen LogP contribution in [-0.4, -0.2) is 28.5 Å². The summed E-state index contributed by atoms with van der Waals surface area (Å²) in [5.41, 5.74) is 1.05. The maximum atomic E-state index is 6.21. The van der Waals surface area contributed by atoms with Gasteiger partial charge in [0, 0.05) is 12.6 Å². The van der Waals surface area contributed by atoms with Crippen molar-refractivity contribution < 1.29 is 4.74 Å². The van der Waals surface area contributed by atoms with E-state index in [0.29, 0.717) is 6.04 Å². The Bertz CT molecular complexity index is 452. The molecular formula is C16H28BrN3O. The summed E-state index contributed by atoms with van der Waals surface area (Å²) in [6.45, 7) is 10.6. The Labute approximate surface area is 136 Å². The fourth-order valence-corrected chi connectivity index (χ4v) is 3.61. The SMILES string of the molecule is CCCNC(c1c(Br)cnn1C(C)C)C1(C)CCCCO1. The van der Waals surface area contributed by atoms with Crippen LogP contribution in [0.3, 0.4) is 0 Å². The second kappa shape index (κ2) is 7.25. The van der Waals surface area contributed by atoms with Crippen molar-refractivity contribution in [2.75, 3.05) is 13.2 Å². The molecule has 2 heterocycles. The van der Waals surface area contributed by atoms with Gasteiger partial charge < -0.3 is 10.1 Å². The first-order valence-electron chi connectivity index (χ1n) is 8.10. The molecule has 1 aliphatic rings. The zero-order valence-electron chi connectivity index (χ0n) is 13.7. The van der Waals surface area contributed by atoms with Gasteiger partial charge in [-0.3, -0.25) is 4.68 Å². The number of halogens is 1. The van der Waals surface area contributed by atoms with E-state index in [1.807, 2.05) is 6.20 Å². The number of rotatable bonds is 6. The Hall–Kier alpha value is -0.390. The Kier molecular flexibility index (Phi) is 5.86. The van der Waals surface area contributed by atoms with Gasteiger partial charge in [-0.25, -0.2) is 0 Å². The monoisotopic (exact) mass is 357 g/mol. The van der Waals surface area contributed by atoms with Crippen molar-refractivity contribution in [3.63, 3.8) is 0 Å². The van der Waals surface area contributed by atoms with Gasteiger partial charge in [0.05, 0.1) is 28.0 Å². The third kappa shape index (κ3) is 3.69. The quantitative estimate of drug-likeness (QED) is 0.827. The average Bonchev–Trinajstić information content (AvgIpc) is 2.82. The molecule has 21 heavy (non-hydrogen) atoms. The highest BCUT2D eigenvalue weighted by Gasteiger charge is 2.40. The molecule has 1 aromatic rings. The van der Waals surface area contributed by atoms with E-state index in [-0.39, 0.29) is 11.6 Å². The highest BCUT2D eigenvalue weighted by molar-refractivity contribution is 9.10. The highest BCUT2D eigenvalue weighted by atomic mass is 79.9. The number of nitrogens with zero attached hydrogens (tertiary/aromatic N) is 2. The molecule has 0 radical (unpaired) electrons. The van der Waals surface area contributed by atoms with E-state index in [1.54, 1.807) is 0 Å². The largest absolute Gasteiger partial charge is 0.373 e. The molecule has 0 saturated carbocycles. The van der Waals surface area contributed by atoms with Crippen LogP contribution in [0, 0.1) is 0 Å². The molecule has 5 heteroatoms. The van der Waals surface area contributed by atoms with Crippen LogP contribution in [0.4, 0.5) is 0 Å². The van der Waals surface area contributed by atoms with Gasteiger partial charge in [-0.05, 0) is 68.9 Å². The van der Waals surface area contributed by atoms with E-state index in [9.17, 15) is 0 Å². The van der Waals surface area contributed by atoms with Crippen molar-refractivity contribution in [3.05, 3.63) is 16.4 Å². The van der Waals surface area contributed by atoms with Crippen LogP contribution in [0.5, 0.6) is 0 Å². The summed E-state index contributed by atoms with van der Waals surface area (Å²) in [6, 6.07) is 0.501. The Balaban J connectivity index is 2.37. The van der Waals surface area contributed by atoms with Gasteiger partial charge in [-0.1, -0.05) is 6.92 Å². The van der Waals surface area contributed by atoms with Gasteiger partial charge in [-0.15, -0.1) is 0 Å². The summed E-state index contributed by atoms with van der Waals surface area (Å²) in [7, 11) is 0. The standard InChI is InChI=1S/C16H28BrN3O/c1-5-9-18-15(16(4)8-6-7-10-21-16)14-13(17)11-19-20(14)12(2)3/h11-12,15,18H,5-10H2,1-4H3. The van der Waals surface area contributed by atoms with Crippen LogP contribution in [0.1, 0.15) is 71.2 Å². The highest BCUT2D eigenvalue weighted by Crippen LogP contribution is 2.39. The van der Waals surface area contributed by atoms with E-state index in [0.717, 1.165) is 30.5 Å². The van der Waals surface area contributed by atoms with E-state index in [4.69, 9.17) is 4.74 Å². The third-order valence-corrected chi connectivity index (χ3v) is 4.87. The molecule has 0 aromatic carbocycles. The first-order chi connectivity index (χ1) is 9.99. The summed E-state index contributed by atoms with van der Waals surface area (Å²) in [5.74, 6) is 0. The number of nitrogens with one attached hydrogen (secondary N) is 1. The second-order valence-electron chi connectivity index (χ2n) is 6.42.